The first-order valence-electron chi connectivity index (χ1n) is 4.87. The first kappa shape index (κ1) is 13.8. The fourth-order valence-corrected chi connectivity index (χ4v) is 2.12. The monoisotopic (exact) mass is 383 g/mol. The predicted octanol–water partition coefficient (Wildman–Crippen LogP) is 3.72. The number of carboxylic acid groups (broad SMARTS) is 1. The summed E-state index contributed by atoms with van der Waals surface area (Å²) >= 11 is 1.77. The molecular formula is C11H5F3INO3. The lowest BCUT2D eigenvalue weighted by Gasteiger charge is -1.99. The number of alkyl halides is 2. The number of hydrogen-bond acceptors (Lipinski definition) is 3. The lowest BCUT2D eigenvalue weighted by molar-refractivity contribution is 0.0647. The van der Waals surface area contributed by atoms with Crippen molar-refractivity contribution in [2.24, 2.45) is 0 Å². The van der Waals surface area contributed by atoms with Crippen LogP contribution in [0.1, 0.15) is 22.7 Å². The molecule has 0 fully saturated rings. The summed E-state index contributed by atoms with van der Waals surface area (Å²) in [5.41, 5.74) is -0.695. The van der Waals surface area contributed by atoms with Crippen molar-refractivity contribution in [3.05, 3.63) is 39.0 Å². The molecule has 2 aromatic rings. The zero-order chi connectivity index (χ0) is 14.2. The quantitative estimate of drug-likeness (QED) is 0.821. The minimum atomic E-state index is -3.07. The first-order valence-corrected chi connectivity index (χ1v) is 5.95. The number of hydrogen-bond donors (Lipinski definition) is 1. The van der Waals surface area contributed by atoms with Gasteiger partial charge in [0.1, 0.15) is 5.82 Å². The van der Waals surface area contributed by atoms with Gasteiger partial charge in [0.15, 0.2) is 5.69 Å². The maximum absolute atomic E-state index is 12.9. The molecule has 19 heavy (non-hydrogen) atoms. The Kier molecular flexibility index (Phi) is 3.78. The standard InChI is InChI=1S/C11H5F3INO3/c12-4-1-2-5(6(15)3-4)10-16-7(9(13)14)8(19-10)11(17)18/h1-3,9H,(H,17,18). The Labute approximate surface area is 118 Å². The second-order valence-electron chi connectivity index (χ2n) is 3.46. The van der Waals surface area contributed by atoms with E-state index in [-0.39, 0.29) is 11.5 Å². The van der Waals surface area contributed by atoms with E-state index in [9.17, 15) is 18.0 Å². The van der Waals surface area contributed by atoms with Crippen LogP contribution in [0.5, 0.6) is 0 Å². The minimum absolute atomic E-state index is 0.247. The third-order valence-electron chi connectivity index (χ3n) is 2.22. The molecule has 2 rings (SSSR count). The highest BCUT2D eigenvalue weighted by molar-refractivity contribution is 14.1. The molecule has 0 aliphatic heterocycles. The molecule has 0 radical (unpaired) electrons. The molecule has 100 valence electrons. The number of oxazole rings is 1. The summed E-state index contributed by atoms with van der Waals surface area (Å²) < 4.78 is 43.4. The second-order valence-corrected chi connectivity index (χ2v) is 4.63. The number of benzene rings is 1. The number of aromatic carboxylic acids is 1. The summed E-state index contributed by atoms with van der Waals surface area (Å²) in [7, 11) is 0. The van der Waals surface area contributed by atoms with Crippen LogP contribution in [0, 0.1) is 9.39 Å². The molecule has 1 aromatic carbocycles. The first-order chi connectivity index (χ1) is 8.90. The number of nitrogens with zero attached hydrogens (tertiary/aromatic N) is 1. The summed E-state index contributed by atoms with van der Waals surface area (Å²) in [5, 5.41) is 8.76. The van der Waals surface area contributed by atoms with Gasteiger partial charge in [0.25, 0.3) is 6.43 Å². The van der Waals surface area contributed by atoms with Gasteiger partial charge in [-0.25, -0.2) is 22.9 Å². The van der Waals surface area contributed by atoms with Gasteiger partial charge in [-0.1, -0.05) is 0 Å². The van der Waals surface area contributed by atoms with Gasteiger partial charge in [0.05, 0.1) is 5.56 Å². The maximum atomic E-state index is 12.9. The highest BCUT2D eigenvalue weighted by Gasteiger charge is 2.27. The van der Waals surface area contributed by atoms with Crippen LogP contribution >= 0.6 is 22.6 Å². The summed E-state index contributed by atoms with van der Waals surface area (Å²) in [6.45, 7) is 0. The van der Waals surface area contributed by atoms with Crippen molar-refractivity contribution in [1.29, 1.82) is 0 Å². The van der Waals surface area contributed by atoms with Crippen molar-refractivity contribution in [2.75, 3.05) is 0 Å². The molecule has 0 atom stereocenters. The summed E-state index contributed by atoms with van der Waals surface area (Å²) in [4.78, 5) is 14.2. The van der Waals surface area contributed by atoms with Gasteiger partial charge in [0.2, 0.25) is 11.7 Å². The minimum Gasteiger partial charge on any atom is -0.475 e. The van der Waals surface area contributed by atoms with E-state index < -0.39 is 29.7 Å². The lowest BCUT2D eigenvalue weighted by Crippen LogP contribution is -1.99. The highest BCUT2D eigenvalue weighted by atomic mass is 127. The second kappa shape index (κ2) is 5.19. The van der Waals surface area contributed by atoms with Gasteiger partial charge >= 0.3 is 5.97 Å². The third kappa shape index (κ3) is 2.72. The van der Waals surface area contributed by atoms with E-state index >= 15 is 0 Å². The topological polar surface area (TPSA) is 63.3 Å². The number of carbonyl (C=O) groups is 1. The molecule has 0 saturated carbocycles. The number of halogens is 4. The van der Waals surface area contributed by atoms with Crippen molar-refractivity contribution in [3.63, 3.8) is 0 Å². The van der Waals surface area contributed by atoms with Gasteiger partial charge < -0.3 is 9.52 Å². The Bertz CT molecular complexity index is 642. The molecule has 0 amide bonds. The van der Waals surface area contributed by atoms with E-state index in [1.807, 2.05) is 0 Å². The highest BCUT2D eigenvalue weighted by Crippen LogP contribution is 2.31. The Balaban J connectivity index is 2.57. The molecule has 0 aliphatic carbocycles. The molecule has 4 nitrogen and oxygen atoms in total. The average molecular weight is 383 g/mol. The van der Waals surface area contributed by atoms with E-state index in [0.717, 1.165) is 12.1 Å². The third-order valence-corrected chi connectivity index (χ3v) is 3.11. The van der Waals surface area contributed by atoms with E-state index in [1.165, 1.54) is 6.07 Å². The molecule has 1 N–H and O–H groups in total. The van der Waals surface area contributed by atoms with Crippen LogP contribution in [0.2, 0.25) is 0 Å². The van der Waals surface area contributed by atoms with E-state index in [0.29, 0.717) is 3.57 Å². The van der Waals surface area contributed by atoms with Gasteiger partial charge in [-0.3, -0.25) is 0 Å². The fourth-order valence-electron chi connectivity index (χ4n) is 1.41. The number of carboxylic acids is 1. The smallest absolute Gasteiger partial charge is 0.374 e. The van der Waals surface area contributed by atoms with Crippen LogP contribution in [0.3, 0.4) is 0 Å². The lowest BCUT2D eigenvalue weighted by atomic mass is 10.2. The molecule has 8 heteroatoms. The number of aromatic nitrogens is 1. The molecule has 0 spiro atoms. The van der Waals surface area contributed by atoms with Gasteiger partial charge in [0, 0.05) is 3.57 Å². The molecule has 0 aliphatic rings. The van der Waals surface area contributed by atoms with Gasteiger partial charge in [-0.2, -0.15) is 0 Å². The zero-order valence-electron chi connectivity index (χ0n) is 9.03. The van der Waals surface area contributed by atoms with Crippen molar-refractivity contribution in [1.82, 2.24) is 4.98 Å². The summed E-state index contributed by atoms with van der Waals surface area (Å²) in [6, 6.07) is 3.54. The summed E-state index contributed by atoms with van der Waals surface area (Å²) in [6.07, 6.45) is -3.07. The average Bonchev–Trinajstić information content (AvgIpc) is 2.73. The van der Waals surface area contributed by atoms with Crippen LogP contribution in [-0.4, -0.2) is 16.1 Å². The predicted molar refractivity (Wildman–Crippen MR) is 66.5 cm³/mol. The Morgan fingerprint density at radius 1 is 1.42 bits per heavy atom. The van der Waals surface area contributed by atoms with E-state index in [4.69, 9.17) is 9.52 Å². The molecular weight excluding hydrogens is 378 g/mol. The Morgan fingerprint density at radius 3 is 2.58 bits per heavy atom. The Hall–Kier alpha value is -1.58. The van der Waals surface area contributed by atoms with Crippen LogP contribution in [0.4, 0.5) is 13.2 Å². The normalized spacial score (nSPS) is 11.0. The van der Waals surface area contributed by atoms with Crippen molar-refractivity contribution in [2.45, 2.75) is 6.43 Å². The van der Waals surface area contributed by atoms with Gasteiger partial charge in [-0.05, 0) is 40.8 Å². The Morgan fingerprint density at radius 2 is 2.11 bits per heavy atom. The van der Waals surface area contributed by atoms with Crippen molar-refractivity contribution >= 4 is 28.6 Å². The summed E-state index contributed by atoms with van der Waals surface area (Å²) in [5.74, 6) is -3.33. The molecule has 0 unspecified atom stereocenters. The number of rotatable bonds is 3. The zero-order valence-corrected chi connectivity index (χ0v) is 11.2. The maximum Gasteiger partial charge on any atom is 0.374 e. The molecule has 1 heterocycles. The molecule has 0 bridgehead atoms. The van der Waals surface area contributed by atoms with Crippen LogP contribution in [0.15, 0.2) is 22.6 Å². The fraction of sp³-hybridized carbons (Fsp3) is 0.0909. The van der Waals surface area contributed by atoms with Gasteiger partial charge in [-0.15, -0.1) is 0 Å². The van der Waals surface area contributed by atoms with E-state index in [2.05, 4.69) is 4.98 Å². The van der Waals surface area contributed by atoms with Crippen LogP contribution < -0.4 is 0 Å². The van der Waals surface area contributed by atoms with Crippen molar-refractivity contribution < 1.29 is 27.5 Å². The molecule has 0 saturated heterocycles. The SMILES string of the molecule is O=C(O)c1oc(-c2ccc(F)cc2I)nc1C(F)F. The van der Waals surface area contributed by atoms with Crippen molar-refractivity contribution in [3.8, 4) is 11.5 Å². The van der Waals surface area contributed by atoms with Crippen LogP contribution in [-0.2, 0) is 0 Å². The van der Waals surface area contributed by atoms with E-state index in [1.54, 1.807) is 22.6 Å². The molecule has 1 aromatic heterocycles. The van der Waals surface area contributed by atoms with Crippen LogP contribution in [0.25, 0.3) is 11.5 Å². The largest absolute Gasteiger partial charge is 0.475 e.